The number of imidazole rings is 1. The molecule has 3 rings (SSSR count). The molecule has 1 aliphatic heterocycles. The molecule has 0 aliphatic carbocycles. The predicted octanol–water partition coefficient (Wildman–Crippen LogP) is -2.73. The number of carbonyl (C=O) groups is 1. The van der Waals surface area contributed by atoms with E-state index in [0.29, 0.717) is 44.5 Å². The topological polar surface area (TPSA) is 212 Å². The molecular formula is C17H28N8O5. The Hall–Kier alpha value is -2.42. The Morgan fingerprint density at radius 2 is 2.17 bits per heavy atom. The maximum absolute atomic E-state index is 11.2. The average molecular weight is 424 g/mol. The average Bonchev–Trinajstić information content (AvgIpc) is 3.26. The standard InChI is InChI=1S/C17H28N8O5/c18-3-5-24(4-1-2-10(19)16(27)28)6-11-13(26)17(29,7-30-11)25-9-23-12-14(20)21-8-22-15(12)25/h8-11,13,26,29H,1-7,18-19H2,(H,27,28)(H2,20,21,22). The van der Waals surface area contributed by atoms with Crippen molar-refractivity contribution in [3.63, 3.8) is 0 Å². The molecule has 13 heteroatoms. The number of carboxylic acids is 1. The van der Waals surface area contributed by atoms with Crippen molar-refractivity contribution in [3.8, 4) is 0 Å². The highest BCUT2D eigenvalue weighted by Gasteiger charge is 2.50. The first kappa shape index (κ1) is 22.3. The zero-order valence-corrected chi connectivity index (χ0v) is 16.5. The van der Waals surface area contributed by atoms with Gasteiger partial charge in [0.25, 0.3) is 0 Å². The molecule has 0 bridgehead atoms. The lowest BCUT2D eigenvalue weighted by atomic mass is 10.0. The number of hydrogen-bond acceptors (Lipinski definition) is 11. The summed E-state index contributed by atoms with van der Waals surface area (Å²) in [7, 11) is 0. The number of aliphatic hydroxyl groups excluding tert-OH is 1. The SMILES string of the molecule is NCCN(CCCC(N)C(=O)O)CC1OCC(O)(n2cnc3c(N)ncnc32)C1O. The van der Waals surface area contributed by atoms with Gasteiger partial charge < -0.3 is 37.3 Å². The molecule has 0 aromatic carbocycles. The number of anilines is 1. The van der Waals surface area contributed by atoms with Gasteiger partial charge in [0.1, 0.15) is 30.1 Å². The minimum atomic E-state index is -1.78. The number of carboxylic acid groups (broad SMARTS) is 1. The smallest absolute Gasteiger partial charge is 0.320 e. The summed E-state index contributed by atoms with van der Waals surface area (Å²) < 4.78 is 7.04. The van der Waals surface area contributed by atoms with E-state index >= 15 is 0 Å². The van der Waals surface area contributed by atoms with E-state index in [9.17, 15) is 15.0 Å². The van der Waals surface area contributed by atoms with Crippen LogP contribution in [0.3, 0.4) is 0 Å². The summed E-state index contributed by atoms with van der Waals surface area (Å²) in [5.41, 5.74) is 15.8. The van der Waals surface area contributed by atoms with Crippen molar-refractivity contribution < 1.29 is 24.9 Å². The van der Waals surface area contributed by atoms with E-state index in [1.807, 2.05) is 4.90 Å². The van der Waals surface area contributed by atoms with Gasteiger partial charge in [-0.1, -0.05) is 0 Å². The summed E-state index contributed by atoms with van der Waals surface area (Å²) in [6.07, 6.45) is 1.48. The van der Waals surface area contributed by atoms with Crippen molar-refractivity contribution >= 4 is 23.0 Å². The molecule has 0 saturated carbocycles. The monoisotopic (exact) mass is 424 g/mol. The molecule has 0 radical (unpaired) electrons. The van der Waals surface area contributed by atoms with Crippen LogP contribution < -0.4 is 17.2 Å². The summed E-state index contributed by atoms with van der Waals surface area (Å²) in [6.45, 7) is 1.55. The fourth-order valence-electron chi connectivity index (χ4n) is 3.59. The van der Waals surface area contributed by atoms with Crippen molar-refractivity contribution in [2.45, 2.75) is 36.8 Å². The zero-order valence-electron chi connectivity index (χ0n) is 16.5. The highest BCUT2D eigenvalue weighted by atomic mass is 16.5. The van der Waals surface area contributed by atoms with Crippen molar-refractivity contribution in [2.75, 3.05) is 38.5 Å². The van der Waals surface area contributed by atoms with Gasteiger partial charge in [-0.2, -0.15) is 0 Å². The number of hydrogen-bond donors (Lipinski definition) is 6. The van der Waals surface area contributed by atoms with Crippen LogP contribution in [-0.4, -0.2) is 96.7 Å². The summed E-state index contributed by atoms with van der Waals surface area (Å²) in [5.74, 6) is -0.877. The first-order valence-corrected chi connectivity index (χ1v) is 9.64. The van der Waals surface area contributed by atoms with E-state index in [1.54, 1.807) is 0 Å². The predicted molar refractivity (Wildman–Crippen MR) is 106 cm³/mol. The molecule has 166 valence electrons. The second-order valence-electron chi connectivity index (χ2n) is 7.39. The molecule has 13 nitrogen and oxygen atoms in total. The highest BCUT2D eigenvalue weighted by Crippen LogP contribution is 2.32. The van der Waals surface area contributed by atoms with Crippen LogP contribution in [0, 0.1) is 0 Å². The summed E-state index contributed by atoms with van der Waals surface area (Å²) in [6, 6.07) is -0.924. The highest BCUT2D eigenvalue weighted by molar-refractivity contribution is 5.81. The molecule has 0 spiro atoms. The fourth-order valence-corrected chi connectivity index (χ4v) is 3.59. The Morgan fingerprint density at radius 1 is 1.40 bits per heavy atom. The minimum Gasteiger partial charge on any atom is -0.480 e. The van der Waals surface area contributed by atoms with Crippen LogP contribution in [0.2, 0.25) is 0 Å². The molecule has 4 atom stereocenters. The van der Waals surface area contributed by atoms with Crippen LogP contribution in [0.15, 0.2) is 12.7 Å². The summed E-state index contributed by atoms with van der Waals surface area (Å²) in [5, 5.41) is 30.9. The number of aliphatic hydroxyl groups is 2. The number of rotatable bonds is 10. The normalized spacial score (nSPS) is 25.2. The van der Waals surface area contributed by atoms with Gasteiger partial charge in [0, 0.05) is 19.6 Å². The first-order chi connectivity index (χ1) is 14.3. The van der Waals surface area contributed by atoms with E-state index in [1.165, 1.54) is 17.2 Å². The van der Waals surface area contributed by atoms with Gasteiger partial charge >= 0.3 is 5.97 Å². The molecule has 2 aromatic rings. The minimum absolute atomic E-state index is 0.168. The molecule has 3 heterocycles. The third kappa shape index (κ3) is 4.35. The molecule has 1 fully saturated rings. The van der Waals surface area contributed by atoms with Crippen LogP contribution in [0.4, 0.5) is 5.82 Å². The number of fused-ring (bicyclic) bond motifs is 1. The molecule has 1 aliphatic rings. The lowest BCUT2D eigenvalue weighted by Gasteiger charge is -2.30. The Bertz CT molecular complexity index is 879. The van der Waals surface area contributed by atoms with E-state index < -0.39 is 29.9 Å². The second kappa shape index (κ2) is 9.16. The van der Waals surface area contributed by atoms with Gasteiger partial charge in [0.2, 0.25) is 0 Å². The van der Waals surface area contributed by atoms with Crippen LogP contribution >= 0.6 is 0 Å². The lowest BCUT2D eigenvalue weighted by Crippen LogP contribution is -2.49. The number of nitrogens with two attached hydrogens (primary N) is 3. The Labute approximate surface area is 172 Å². The van der Waals surface area contributed by atoms with Gasteiger partial charge in [-0.05, 0) is 19.4 Å². The van der Waals surface area contributed by atoms with Crippen molar-refractivity contribution in [2.24, 2.45) is 11.5 Å². The third-order valence-electron chi connectivity index (χ3n) is 5.30. The Balaban J connectivity index is 1.68. The molecule has 1 saturated heterocycles. The fraction of sp³-hybridized carbons (Fsp3) is 0.647. The number of nitrogens with zero attached hydrogens (tertiary/aromatic N) is 5. The Kier molecular flexibility index (Phi) is 6.80. The number of aliphatic carboxylic acids is 1. The van der Waals surface area contributed by atoms with Crippen LogP contribution in [0.25, 0.3) is 11.2 Å². The molecule has 9 N–H and O–H groups in total. The van der Waals surface area contributed by atoms with Gasteiger partial charge in [-0.15, -0.1) is 0 Å². The summed E-state index contributed by atoms with van der Waals surface area (Å²) >= 11 is 0. The molecule has 0 amide bonds. The molecule has 30 heavy (non-hydrogen) atoms. The number of aromatic nitrogens is 4. The van der Waals surface area contributed by atoms with E-state index in [-0.39, 0.29) is 18.1 Å². The van der Waals surface area contributed by atoms with Gasteiger partial charge in [0.05, 0.1) is 12.9 Å². The molecular weight excluding hydrogens is 396 g/mol. The van der Waals surface area contributed by atoms with Crippen molar-refractivity contribution in [3.05, 3.63) is 12.7 Å². The maximum Gasteiger partial charge on any atom is 0.320 e. The maximum atomic E-state index is 11.2. The van der Waals surface area contributed by atoms with E-state index in [0.717, 1.165) is 0 Å². The van der Waals surface area contributed by atoms with Crippen molar-refractivity contribution in [1.82, 2.24) is 24.4 Å². The van der Waals surface area contributed by atoms with Crippen LogP contribution in [0.5, 0.6) is 0 Å². The zero-order chi connectivity index (χ0) is 21.9. The van der Waals surface area contributed by atoms with Gasteiger partial charge in [0.15, 0.2) is 17.2 Å². The quantitative estimate of drug-likeness (QED) is 0.229. The van der Waals surface area contributed by atoms with Crippen LogP contribution in [0.1, 0.15) is 12.8 Å². The third-order valence-corrected chi connectivity index (χ3v) is 5.30. The van der Waals surface area contributed by atoms with Crippen LogP contribution in [-0.2, 0) is 15.3 Å². The largest absolute Gasteiger partial charge is 0.480 e. The number of nitrogen functional groups attached to an aromatic ring is 1. The first-order valence-electron chi connectivity index (χ1n) is 9.64. The van der Waals surface area contributed by atoms with E-state index in [2.05, 4.69) is 15.0 Å². The van der Waals surface area contributed by atoms with Gasteiger partial charge in [-0.3, -0.25) is 14.3 Å². The molecule has 2 aromatic heterocycles. The lowest BCUT2D eigenvalue weighted by molar-refractivity contribution is -0.138. The molecule has 4 unspecified atom stereocenters. The van der Waals surface area contributed by atoms with Gasteiger partial charge in [-0.25, -0.2) is 15.0 Å². The Morgan fingerprint density at radius 3 is 2.87 bits per heavy atom. The summed E-state index contributed by atoms with van der Waals surface area (Å²) in [4.78, 5) is 24.9. The number of ether oxygens (including phenoxy) is 1. The van der Waals surface area contributed by atoms with E-state index in [4.69, 9.17) is 27.0 Å². The van der Waals surface area contributed by atoms with Crippen molar-refractivity contribution in [1.29, 1.82) is 0 Å². The second-order valence-corrected chi connectivity index (χ2v) is 7.39.